The maximum absolute atomic E-state index is 11.3. The largest absolute Gasteiger partial charge is 0.469 e. The van der Waals surface area contributed by atoms with Crippen LogP contribution in [0.25, 0.3) is 0 Å². The highest BCUT2D eigenvalue weighted by molar-refractivity contribution is 6.32. The molecular formula is C10H9ClN2O5. The van der Waals surface area contributed by atoms with E-state index in [0.29, 0.717) is 0 Å². The first-order valence-electron chi connectivity index (χ1n) is 4.74. The minimum absolute atomic E-state index is 0.0361. The Morgan fingerprint density at radius 3 is 2.72 bits per heavy atom. The van der Waals surface area contributed by atoms with Crippen LogP contribution < -0.4 is 5.32 Å². The van der Waals surface area contributed by atoms with Gasteiger partial charge in [0, 0.05) is 11.8 Å². The number of methoxy groups -OCH3 is 1. The molecule has 0 fully saturated rings. The van der Waals surface area contributed by atoms with Crippen LogP contribution >= 0.6 is 11.6 Å². The van der Waals surface area contributed by atoms with E-state index in [9.17, 15) is 19.7 Å². The molecule has 1 aromatic carbocycles. The number of ether oxygens (including phenoxy) is 1. The zero-order chi connectivity index (χ0) is 13.7. The molecule has 0 saturated carbocycles. The summed E-state index contributed by atoms with van der Waals surface area (Å²) in [5.74, 6) is -1.32. The van der Waals surface area contributed by atoms with Crippen LogP contribution in [0.3, 0.4) is 0 Å². The number of nitro benzene ring substituents is 1. The summed E-state index contributed by atoms with van der Waals surface area (Å²) < 4.78 is 4.31. The lowest BCUT2D eigenvalue weighted by molar-refractivity contribution is -0.384. The smallest absolute Gasteiger partial charge is 0.315 e. The highest BCUT2D eigenvalue weighted by atomic mass is 35.5. The fourth-order valence-corrected chi connectivity index (χ4v) is 1.33. The summed E-state index contributed by atoms with van der Waals surface area (Å²) >= 11 is 5.61. The van der Waals surface area contributed by atoms with E-state index in [1.165, 1.54) is 12.1 Å². The molecule has 0 aromatic heterocycles. The second-order valence-electron chi connectivity index (χ2n) is 3.22. The summed E-state index contributed by atoms with van der Waals surface area (Å²) in [5.41, 5.74) is -0.146. The zero-order valence-corrected chi connectivity index (χ0v) is 10.1. The third kappa shape index (κ3) is 3.70. The van der Waals surface area contributed by atoms with Gasteiger partial charge in [-0.1, -0.05) is 11.6 Å². The number of carbonyl (C=O) groups excluding carboxylic acids is 2. The van der Waals surface area contributed by atoms with E-state index in [4.69, 9.17) is 11.6 Å². The number of nitrogens with one attached hydrogen (secondary N) is 1. The number of nitrogens with zero attached hydrogens (tertiary/aromatic N) is 1. The zero-order valence-electron chi connectivity index (χ0n) is 9.31. The van der Waals surface area contributed by atoms with Gasteiger partial charge in [0.05, 0.1) is 12.0 Å². The molecule has 0 spiro atoms. The molecule has 0 saturated heterocycles. The minimum atomic E-state index is -0.698. The van der Waals surface area contributed by atoms with Gasteiger partial charge in [-0.05, 0) is 12.1 Å². The standard InChI is InChI=1S/C10H9ClN2O5/c1-18-10(15)5-9(14)12-6-2-3-7(11)8(4-6)13(16)17/h2-4H,5H2,1H3,(H,12,14). The predicted octanol–water partition coefficient (Wildman–Crippen LogP) is 1.75. The fraction of sp³-hybridized carbons (Fsp3) is 0.200. The van der Waals surface area contributed by atoms with Gasteiger partial charge < -0.3 is 10.1 Å². The molecule has 0 aliphatic carbocycles. The van der Waals surface area contributed by atoms with Crippen molar-refractivity contribution in [2.45, 2.75) is 6.42 Å². The molecule has 0 atom stereocenters. The van der Waals surface area contributed by atoms with Gasteiger partial charge in [-0.25, -0.2) is 0 Å². The average Bonchev–Trinajstić information content (AvgIpc) is 2.31. The van der Waals surface area contributed by atoms with Gasteiger partial charge in [0.15, 0.2) is 0 Å². The molecule has 1 N–H and O–H groups in total. The van der Waals surface area contributed by atoms with Crippen molar-refractivity contribution in [1.29, 1.82) is 0 Å². The molecule has 18 heavy (non-hydrogen) atoms. The van der Waals surface area contributed by atoms with E-state index >= 15 is 0 Å². The Bertz CT molecular complexity index is 503. The van der Waals surface area contributed by atoms with E-state index in [-0.39, 0.29) is 16.4 Å². The number of carbonyl (C=O) groups is 2. The first kappa shape index (κ1) is 13.9. The van der Waals surface area contributed by atoms with Crippen LogP contribution in [0.4, 0.5) is 11.4 Å². The maximum Gasteiger partial charge on any atom is 0.315 e. The van der Waals surface area contributed by atoms with Crippen LogP contribution in [-0.4, -0.2) is 23.9 Å². The third-order valence-corrected chi connectivity index (χ3v) is 2.28. The summed E-state index contributed by atoms with van der Waals surface area (Å²) in [6.07, 6.45) is -0.465. The van der Waals surface area contributed by atoms with Crippen molar-refractivity contribution < 1.29 is 19.2 Å². The van der Waals surface area contributed by atoms with Crippen LogP contribution in [0.2, 0.25) is 5.02 Å². The lowest BCUT2D eigenvalue weighted by atomic mass is 10.2. The molecular weight excluding hydrogens is 264 g/mol. The van der Waals surface area contributed by atoms with E-state index < -0.39 is 23.2 Å². The van der Waals surface area contributed by atoms with Crippen molar-refractivity contribution in [2.75, 3.05) is 12.4 Å². The quantitative estimate of drug-likeness (QED) is 0.390. The average molecular weight is 273 g/mol. The van der Waals surface area contributed by atoms with Gasteiger partial charge in [0.25, 0.3) is 5.69 Å². The van der Waals surface area contributed by atoms with Crippen molar-refractivity contribution >= 4 is 34.9 Å². The molecule has 0 aliphatic heterocycles. The summed E-state index contributed by atoms with van der Waals surface area (Å²) in [7, 11) is 1.16. The van der Waals surface area contributed by atoms with Gasteiger partial charge in [-0.3, -0.25) is 19.7 Å². The van der Waals surface area contributed by atoms with Crippen LogP contribution in [-0.2, 0) is 14.3 Å². The normalized spacial score (nSPS) is 9.67. The second kappa shape index (κ2) is 5.97. The molecule has 1 rings (SSSR count). The van der Waals surface area contributed by atoms with E-state index in [0.717, 1.165) is 13.2 Å². The summed E-state index contributed by atoms with van der Waals surface area (Å²) in [4.78, 5) is 32.1. The molecule has 0 radical (unpaired) electrons. The molecule has 0 bridgehead atoms. The van der Waals surface area contributed by atoms with Crippen LogP contribution in [0.5, 0.6) is 0 Å². The number of hydrogen-bond acceptors (Lipinski definition) is 5. The van der Waals surface area contributed by atoms with E-state index in [1.54, 1.807) is 0 Å². The summed E-state index contributed by atoms with van der Waals surface area (Å²) in [6, 6.07) is 3.79. The van der Waals surface area contributed by atoms with Gasteiger partial charge in [0.1, 0.15) is 11.4 Å². The Hall–Kier alpha value is -2.15. The molecule has 1 amide bonds. The van der Waals surface area contributed by atoms with Crippen molar-refractivity contribution in [3.63, 3.8) is 0 Å². The number of hydrogen-bond donors (Lipinski definition) is 1. The van der Waals surface area contributed by atoms with Crippen LogP contribution in [0.1, 0.15) is 6.42 Å². The number of halogens is 1. The number of nitro groups is 1. The Balaban J connectivity index is 2.79. The molecule has 8 heteroatoms. The second-order valence-corrected chi connectivity index (χ2v) is 3.63. The van der Waals surface area contributed by atoms with Crippen molar-refractivity contribution in [2.24, 2.45) is 0 Å². The van der Waals surface area contributed by atoms with Gasteiger partial charge in [-0.15, -0.1) is 0 Å². The molecule has 7 nitrogen and oxygen atoms in total. The Kier molecular flexibility index (Phi) is 4.61. The number of amides is 1. The minimum Gasteiger partial charge on any atom is -0.469 e. The van der Waals surface area contributed by atoms with Gasteiger partial charge in [-0.2, -0.15) is 0 Å². The first-order chi connectivity index (χ1) is 8.43. The van der Waals surface area contributed by atoms with Gasteiger partial charge in [0.2, 0.25) is 5.91 Å². The maximum atomic E-state index is 11.3. The Morgan fingerprint density at radius 1 is 1.50 bits per heavy atom. The third-order valence-electron chi connectivity index (χ3n) is 1.96. The summed E-state index contributed by atoms with van der Waals surface area (Å²) in [5, 5.41) is 12.9. The molecule has 0 heterocycles. The van der Waals surface area contributed by atoms with Crippen LogP contribution in [0, 0.1) is 10.1 Å². The predicted molar refractivity (Wildman–Crippen MR) is 63.4 cm³/mol. The van der Waals surface area contributed by atoms with E-state index in [2.05, 4.69) is 10.1 Å². The molecule has 1 aromatic rings. The number of anilines is 1. The Morgan fingerprint density at radius 2 is 2.17 bits per heavy atom. The van der Waals surface area contributed by atoms with E-state index in [1.807, 2.05) is 0 Å². The Labute approximate surface area is 107 Å². The summed E-state index contributed by atoms with van der Waals surface area (Å²) in [6.45, 7) is 0. The van der Waals surface area contributed by atoms with Gasteiger partial charge >= 0.3 is 5.97 Å². The highest BCUT2D eigenvalue weighted by Crippen LogP contribution is 2.27. The topological polar surface area (TPSA) is 98.5 Å². The van der Waals surface area contributed by atoms with Crippen LogP contribution in [0.15, 0.2) is 18.2 Å². The molecule has 0 aliphatic rings. The lowest BCUT2D eigenvalue weighted by Gasteiger charge is -2.04. The molecule has 96 valence electrons. The lowest BCUT2D eigenvalue weighted by Crippen LogP contribution is -2.17. The highest BCUT2D eigenvalue weighted by Gasteiger charge is 2.15. The number of benzene rings is 1. The monoisotopic (exact) mass is 272 g/mol. The molecule has 0 unspecified atom stereocenters. The van der Waals surface area contributed by atoms with Crippen molar-refractivity contribution in [3.05, 3.63) is 33.3 Å². The van der Waals surface area contributed by atoms with Crippen molar-refractivity contribution in [3.8, 4) is 0 Å². The first-order valence-corrected chi connectivity index (χ1v) is 5.12. The fourth-order valence-electron chi connectivity index (χ4n) is 1.14. The number of rotatable bonds is 4. The number of esters is 1. The SMILES string of the molecule is COC(=O)CC(=O)Nc1ccc(Cl)c([N+](=O)[O-])c1. The van der Waals surface area contributed by atoms with Crippen molar-refractivity contribution in [1.82, 2.24) is 0 Å².